The normalized spacial score (nSPS) is 15.3. The fourth-order valence-electron chi connectivity index (χ4n) is 3.42. The van der Waals surface area contributed by atoms with Gasteiger partial charge in [-0.05, 0) is 30.5 Å². The lowest BCUT2D eigenvalue weighted by atomic mass is 10.0. The molecule has 0 unspecified atom stereocenters. The van der Waals surface area contributed by atoms with E-state index in [0.717, 1.165) is 43.3 Å². The van der Waals surface area contributed by atoms with E-state index in [1.54, 1.807) is 6.20 Å². The first kappa shape index (κ1) is 18.7. The van der Waals surface area contributed by atoms with Crippen LogP contribution in [0.15, 0.2) is 66.9 Å². The Hall–Kier alpha value is -2.70. The molecule has 0 bridgehead atoms. The quantitative estimate of drug-likeness (QED) is 0.657. The van der Waals surface area contributed by atoms with Gasteiger partial charge < -0.3 is 10.6 Å². The van der Waals surface area contributed by atoms with Crippen LogP contribution in [0.2, 0.25) is 0 Å². The van der Waals surface area contributed by atoms with Crippen molar-refractivity contribution in [3.63, 3.8) is 0 Å². The van der Waals surface area contributed by atoms with E-state index < -0.39 is 0 Å². The highest BCUT2D eigenvalue weighted by atomic mass is 32.1. The maximum atomic E-state index is 12.6. The number of hydrogen-bond acceptors (Lipinski definition) is 5. The van der Waals surface area contributed by atoms with Crippen LogP contribution in [0.3, 0.4) is 0 Å². The van der Waals surface area contributed by atoms with E-state index in [-0.39, 0.29) is 11.9 Å². The number of anilines is 2. The SMILES string of the molecule is O=C(NC1CCN(Cc2ccccc2)CC1)c1cnc(Nc2ccccc2)s1. The van der Waals surface area contributed by atoms with Crippen molar-refractivity contribution >= 4 is 28.1 Å². The summed E-state index contributed by atoms with van der Waals surface area (Å²) in [7, 11) is 0. The van der Waals surface area contributed by atoms with Crippen LogP contribution in [0.25, 0.3) is 0 Å². The van der Waals surface area contributed by atoms with Gasteiger partial charge in [0.25, 0.3) is 5.91 Å². The molecule has 2 N–H and O–H groups in total. The monoisotopic (exact) mass is 392 g/mol. The van der Waals surface area contributed by atoms with Crippen molar-refractivity contribution in [3.05, 3.63) is 77.3 Å². The maximum Gasteiger partial charge on any atom is 0.263 e. The van der Waals surface area contributed by atoms with Crippen molar-refractivity contribution < 1.29 is 4.79 Å². The fraction of sp³-hybridized carbons (Fsp3) is 0.273. The minimum absolute atomic E-state index is 0.0277. The van der Waals surface area contributed by atoms with Gasteiger partial charge in [0, 0.05) is 31.4 Å². The third kappa shape index (κ3) is 4.97. The molecule has 1 aromatic heterocycles. The molecule has 1 aliphatic heterocycles. The molecule has 144 valence electrons. The van der Waals surface area contributed by atoms with E-state index in [9.17, 15) is 4.79 Å². The number of amides is 1. The van der Waals surface area contributed by atoms with Crippen molar-refractivity contribution in [2.24, 2.45) is 0 Å². The number of aromatic nitrogens is 1. The molecule has 0 atom stereocenters. The number of piperidine rings is 1. The Morgan fingerprint density at radius 2 is 1.71 bits per heavy atom. The number of thiazole rings is 1. The fourth-order valence-corrected chi connectivity index (χ4v) is 4.16. The van der Waals surface area contributed by atoms with Gasteiger partial charge in [0.1, 0.15) is 4.88 Å². The van der Waals surface area contributed by atoms with Crippen LogP contribution in [0.5, 0.6) is 0 Å². The Balaban J connectivity index is 1.26. The summed E-state index contributed by atoms with van der Waals surface area (Å²) in [4.78, 5) is 20.0. The summed E-state index contributed by atoms with van der Waals surface area (Å²) in [5.74, 6) is -0.0277. The molecule has 6 heteroatoms. The lowest BCUT2D eigenvalue weighted by molar-refractivity contribution is 0.0913. The molecule has 2 heterocycles. The first-order valence-electron chi connectivity index (χ1n) is 9.61. The Kier molecular flexibility index (Phi) is 5.99. The van der Waals surface area contributed by atoms with Crippen LogP contribution >= 0.6 is 11.3 Å². The molecule has 0 spiro atoms. The molecule has 28 heavy (non-hydrogen) atoms. The third-order valence-electron chi connectivity index (χ3n) is 4.93. The molecule has 1 saturated heterocycles. The summed E-state index contributed by atoms with van der Waals surface area (Å²) in [6.45, 7) is 2.98. The predicted molar refractivity (Wildman–Crippen MR) is 114 cm³/mol. The van der Waals surface area contributed by atoms with E-state index in [0.29, 0.717) is 4.88 Å². The number of likely N-dealkylation sites (tertiary alicyclic amines) is 1. The topological polar surface area (TPSA) is 57.3 Å². The van der Waals surface area contributed by atoms with Gasteiger partial charge in [0.15, 0.2) is 5.13 Å². The Bertz CT molecular complexity index is 889. The van der Waals surface area contributed by atoms with Crippen LogP contribution in [-0.4, -0.2) is 34.9 Å². The van der Waals surface area contributed by atoms with Gasteiger partial charge in [-0.15, -0.1) is 0 Å². The van der Waals surface area contributed by atoms with Gasteiger partial charge in [-0.3, -0.25) is 9.69 Å². The van der Waals surface area contributed by atoms with Crippen molar-refractivity contribution in [1.82, 2.24) is 15.2 Å². The Labute approximate surface area is 169 Å². The number of para-hydroxylation sites is 1. The summed E-state index contributed by atoms with van der Waals surface area (Å²) in [6.07, 6.45) is 3.61. The van der Waals surface area contributed by atoms with Crippen LogP contribution < -0.4 is 10.6 Å². The van der Waals surface area contributed by atoms with Gasteiger partial charge >= 0.3 is 0 Å². The van der Waals surface area contributed by atoms with Gasteiger partial charge in [-0.1, -0.05) is 59.9 Å². The highest BCUT2D eigenvalue weighted by Gasteiger charge is 2.22. The van der Waals surface area contributed by atoms with Gasteiger partial charge in [0.2, 0.25) is 0 Å². The zero-order valence-electron chi connectivity index (χ0n) is 15.7. The molecule has 5 nitrogen and oxygen atoms in total. The van der Waals surface area contributed by atoms with E-state index in [1.807, 2.05) is 36.4 Å². The van der Waals surface area contributed by atoms with E-state index >= 15 is 0 Å². The van der Waals surface area contributed by atoms with E-state index in [4.69, 9.17) is 0 Å². The number of hydrogen-bond donors (Lipinski definition) is 2. The molecule has 0 radical (unpaired) electrons. The second-order valence-corrected chi connectivity index (χ2v) is 8.06. The smallest absolute Gasteiger partial charge is 0.263 e. The molecule has 0 aliphatic carbocycles. The van der Waals surface area contributed by atoms with E-state index in [1.165, 1.54) is 16.9 Å². The minimum atomic E-state index is -0.0277. The predicted octanol–water partition coefficient (Wildman–Crippen LogP) is 4.28. The molecule has 1 fully saturated rings. The third-order valence-corrected chi connectivity index (χ3v) is 5.84. The number of nitrogens with zero attached hydrogens (tertiary/aromatic N) is 2. The average molecular weight is 393 g/mol. The minimum Gasteiger partial charge on any atom is -0.348 e. The summed E-state index contributed by atoms with van der Waals surface area (Å²) < 4.78 is 0. The van der Waals surface area contributed by atoms with Gasteiger partial charge in [0.05, 0.1) is 6.20 Å². The van der Waals surface area contributed by atoms with Crippen molar-refractivity contribution in [1.29, 1.82) is 0 Å². The second kappa shape index (κ2) is 8.99. The number of rotatable bonds is 6. The summed E-state index contributed by atoms with van der Waals surface area (Å²) in [6, 6.07) is 20.6. The summed E-state index contributed by atoms with van der Waals surface area (Å²) in [5, 5.41) is 7.14. The van der Waals surface area contributed by atoms with Crippen molar-refractivity contribution in [3.8, 4) is 0 Å². The summed E-state index contributed by atoms with van der Waals surface area (Å²) >= 11 is 1.38. The first-order valence-corrected chi connectivity index (χ1v) is 10.4. The second-order valence-electron chi connectivity index (χ2n) is 7.03. The molecule has 1 amide bonds. The lowest BCUT2D eigenvalue weighted by Crippen LogP contribution is -2.44. The number of benzene rings is 2. The zero-order chi connectivity index (χ0) is 19.2. The van der Waals surface area contributed by atoms with Crippen molar-refractivity contribution in [2.75, 3.05) is 18.4 Å². The maximum absolute atomic E-state index is 12.6. The van der Waals surface area contributed by atoms with Gasteiger partial charge in [-0.2, -0.15) is 0 Å². The molecule has 4 rings (SSSR count). The molecule has 1 aliphatic rings. The average Bonchev–Trinajstić information content (AvgIpc) is 3.20. The molecular weight excluding hydrogens is 368 g/mol. The Morgan fingerprint density at radius 3 is 2.43 bits per heavy atom. The van der Waals surface area contributed by atoms with Crippen LogP contribution in [-0.2, 0) is 6.54 Å². The molecule has 0 saturated carbocycles. The van der Waals surface area contributed by atoms with Crippen LogP contribution in [0.4, 0.5) is 10.8 Å². The molecule has 2 aromatic carbocycles. The van der Waals surface area contributed by atoms with Gasteiger partial charge in [-0.25, -0.2) is 4.98 Å². The van der Waals surface area contributed by atoms with E-state index in [2.05, 4.69) is 44.8 Å². The number of carbonyl (C=O) groups is 1. The largest absolute Gasteiger partial charge is 0.348 e. The standard InChI is InChI=1S/C22H24N4OS/c27-21(20-15-23-22(28-20)25-18-9-5-2-6-10-18)24-19-11-13-26(14-12-19)16-17-7-3-1-4-8-17/h1-10,15,19H,11-14,16H2,(H,23,25)(H,24,27). The Morgan fingerprint density at radius 1 is 1.04 bits per heavy atom. The highest BCUT2D eigenvalue weighted by molar-refractivity contribution is 7.17. The highest BCUT2D eigenvalue weighted by Crippen LogP contribution is 2.23. The lowest BCUT2D eigenvalue weighted by Gasteiger charge is -2.32. The summed E-state index contributed by atoms with van der Waals surface area (Å²) in [5.41, 5.74) is 2.31. The molecular formula is C22H24N4OS. The number of carbonyl (C=O) groups excluding carboxylic acids is 1. The zero-order valence-corrected chi connectivity index (χ0v) is 16.5. The van der Waals surface area contributed by atoms with Crippen molar-refractivity contribution in [2.45, 2.75) is 25.4 Å². The van der Waals surface area contributed by atoms with Crippen LogP contribution in [0.1, 0.15) is 28.1 Å². The molecule has 3 aromatic rings. The number of nitrogens with one attached hydrogen (secondary N) is 2. The first-order chi connectivity index (χ1) is 13.8. The van der Waals surface area contributed by atoms with Crippen LogP contribution in [0, 0.1) is 0 Å².